The van der Waals surface area contributed by atoms with Gasteiger partial charge < -0.3 is 10.8 Å². The van der Waals surface area contributed by atoms with Crippen molar-refractivity contribution in [3.63, 3.8) is 0 Å². The lowest BCUT2D eigenvalue weighted by atomic mass is 9.82. The Morgan fingerprint density at radius 3 is 2.44 bits per heavy atom. The van der Waals surface area contributed by atoms with Crippen LogP contribution in [0.2, 0.25) is 0 Å². The molecule has 0 unspecified atom stereocenters. The van der Waals surface area contributed by atoms with E-state index >= 15 is 0 Å². The summed E-state index contributed by atoms with van der Waals surface area (Å²) in [6.45, 7) is 0.160. The van der Waals surface area contributed by atoms with Gasteiger partial charge in [-0.05, 0) is 38.1 Å². The molecular formula is C10H18N2O4. The zero-order chi connectivity index (χ0) is 12.0. The molecule has 0 saturated heterocycles. The molecule has 1 saturated carbocycles. The van der Waals surface area contributed by atoms with Crippen molar-refractivity contribution in [3.8, 4) is 0 Å². The molecule has 0 aromatic heterocycles. The van der Waals surface area contributed by atoms with E-state index in [4.69, 9.17) is 10.8 Å². The minimum Gasteiger partial charge on any atom is -0.479 e. The third-order valence-corrected chi connectivity index (χ3v) is 2.92. The summed E-state index contributed by atoms with van der Waals surface area (Å²) in [5.41, 5.74) is 7.71. The van der Waals surface area contributed by atoms with Crippen LogP contribution < -0.4 is 11.2 Å². The van der Waals surface area contributed by atoms with Gasteiger partial charge in [0, 0.05) is 5.92 Å². The maximum atomic E-state index is 11.5. The highest BCUT2D eigenvalue weighted by Crippen LogP contribution is 2.27. The van der Waals surface area contributed by atoms with Crippen molar-refractivity contribution in [2.45, 2.75) is 25.7 Å². The molecule has 1 amide bonds. The zero-order valence-corrected chi connectivity index (χ0v) is 9.15. The van der Waals surface area contributed by atoms with Crippen LogP contribution in [0.1, 0.15) is 25.7 Å². The monoisotopic (exact) mass is 230 g/mol. The molecule has 1 fully saturated rings. The van der Waals surface area contributed by atoms with Gasteiger partial charge in [0.25, 0.3) is 0 Å². The second-order valence-electron chi connectivity index (χ2n) is 4.10. The maximum absolute atomic E-state index is 11.5. The Labute approximate surface area is 94.1 Å². The van der Waals surface area contributed by atoms with Crippen molar-refractivity contribution >= 4 is 11.9 Å². The molecule has 6 nitrogen and oxygen atoms in total. The van der Waals surface area contributed by atoms with E-state index in [1.54, 1.807) is 0 Å². The van der Waals surface area contributed by atoms with Gasteiger partial charge in [0.15, 0.2) is 6.61 Å². The molecular weight excluding hydrogens is 212 g/mol. The number of amides is 1. The van der Waals surface area contributed by atoms with Crippen LogP contribution in [-0.4, -0.2) is 30.1 Å². The first kappa shape index (κ1) is 12.9. The quantitative estimate of drug-likeness (QED) is 0.572. The molecule has 1 aliphatic carbocycles. The Kier molecular flexibility index (Phi) is 5.21. The Morgan fingerprint density at radius 1 is 1.31 bits per heavy atom. The number of carboxylic acids is 1. The fraction of sp³-hybridized carbons (Fsp3) is 0.800. The highest BCUT2D eigenvalue weighted by molar-refractivity contribution is 5.78. The molecule has 0 aromatic carbocycles. The normalized spacial score (nSPS) is 25.1. The molecule has 0 spiro atoms. The van der Waals surface area contributed by atoms with Crippen molar-refractivity contribution in [1.82, 2.24) is 5.48 Å². The van der Waals surface area contributed by atoms with Gasteiger partial charge in [0.2, 0.25) is 5.91 Å². The van der Waals surface area contributed by atoms with Crippen LogP contribution in [0.5, 0.6) is 0 Å². The summed E-state index contributed by atoms with van der Waals surface area (Å²) in [5, 5.41) is 8.31. The van der Waals surface area contributed by atoms with E-state index in [1.165, 1.54) is 0 Å². The summed E-state index contributed by atoms with van der Waals surface area (Å²) in [4.78, 5) is 26.2. The first-order chi connectivity index (χ1) is 7.63. The standard InChI is InChI=1S/C10H18N2O4/c11-5-7-1-3-8(4-2-7)10(15)12-16-6-9(13)14/h7-8H,1-6,11H2,(H,12,15)(H,13,14). The topological polar surface area (TPSA) is 102 Å². The molecule has 92 valence electrons. The first-order valence-corrected chi connectivity index (χ1v) is 5.47. The predicted molar refractivity (Wildman–Crippen MR) is 56.2 cm³/mol. The van der Waals surface area contributed by atoms with Gasteiger partial charge >= 0.3 is 5.97 Å². The van der Waals surface area contributed by atoms with E-state index in [1.807, 2.05) is 0 Å². The lowest BCUT2D eigenvalue weighted by molar-refractivity contribution is -0.151. The van der Waals surface area contributed by atoms with E-state index < -0.39 is 12.6 Å². The molecule has 0 bridgehead atoms. The molecule has 0 radical (unpaired) electrons. The second kappa shape index (κ2) is 6.44. The predicted octanol–water partition coefficient (Wildman–Crippen LogP) is -0.116. The Hall–Kier alpha value is -1.14. The number of aliphatic carboxylic acids is 1. The number of carbonyl (C=O) groups excluding carboxylic acids is 1. The molecule has 0 aromatic rings. The third-order valence-electron chi connectivity index (χ3n) is 2.92. The van der Waals surface area contributed by atoms with Crippen LogP contribution in [-0.2, 0) is 14.4 Å². The van der Waals surface area contributed by atoms with Crippen molar-refractivity contribution in [1.29, 1.82) is 0 Å². The van der Waals surface area contributed by atoms with Crippen LogP contribution in [0, 0.1) is 11.8 Å². The van der Waals surface area contributed by atoms with E-state index in [0.29, 0.717) is 12.5 Å². The fourth-order valence-electron chi connectivity index (χ4n) is 1.91. The van der Waals surface area contributed by atoms with Crippen LogP contribution >= 0.6 is 0 Å². The summed E-state index contributed by atoms with van der Waals surface area (Å²) in [6.07, 6.45) is 3.50. The second-order valence-corrected chi connectivity index (χ2v) is 4.10. The van der Waals surface area contributed by atoms with Gasteiger partial charge in [-0.3, -0.25) is 9.63 Å². The number of rotatable bonds is 5. The number of hydrogen-bond acceptors (Lipinski definition) is 4. The zero-order valence-electron chi connectivity index (χ0n) is 9.15. The van der Waals surface area contributed by atoms with Crippen molar-refractivity contribution in [2.24, 2.45) is 17.6 Å². The smallest absolute Gasteiger partial charge is 0.332 e. The lowest BCUT2D eigenvalue weighted by Crippen LogP contribution is -2.35. The first-order valence-electron chi connectivity index (χ1n) is 5.47. The number of nitrogens with one attached hydrogen (secondary N) is 1. The third kappa shape index (κ3) is 4.16. The fourth-order valence-corrected chi connectivity index (χ4v) is 1.91. The number of carbonyl (C=O) groups is 2. The summed E-state index contributed by atoms with van der Waals surface area (Å²) >= 11 is 0. The summed E-state index contributed by atoms with van der Waals surface area (Å²) in [6, 6.07) is 0. The Bertz CT molecular complexity index is 249. The van der Waals surface area contributed by atoms with Gasteiger partial charge in [-0.2, -0.15) is 0 Å². The molecule has 6 heteroatoms. The molecule has 1 aliphatic rings. The van der Waals surface area contributed by atoms with Crippen molar-refractivity contribution in [3.05, 3.63) is 0 Å². The SMILES string of the molecule is NCC1CCC(C(=O)NOCC(=O)O)CC1. The molecule has 1 rings (SSSR count). The summed E-state index contributed by atoms with van der Waals surface area (Å²) < 4.78 is 0. The van der Waals surface area contributed by atoms with E-state index in [-0.39, 0.29) is 11.8 Å². The molecule has 0 atom stereocenters. The average molecular weight is 230 g/mol. The van der Waals surface area contributed by atoms with Crippen LogP contribution in [0.4, 0.5) is 0 Å². The number of hydroxylamine groups is 1. The highest BCUT2D eigenvalue weighted by Gasteiger charge is 2.25. The van der Waals surface area contributed by atoms with Crippen LogP contribution in [0.25, 0.3) is 0 Å². The van der Waals surface area contributed by atoms with Gasteiger partial charge in [0.05, 0.1) is 0 Å². The minimum atomic E-state index is -1.10. The van der Waals surface area contributed by atoms with Gasteiger partial charge in [0.1, 0.15) is 0 Å². The maximum Gasteiger partial charge on any atom is 0.332 e. The minimum absolute atomic E-state index is 0.0726. The molecule has 16 heavy (non-hydrogen) atoms. The largest absolute Gasteiger partial charge is 0.479 e. The molecule has 0 heterocycles. The number of carboxylic acid groups (broad SMARTS) is 1. The van der Waals surface area contributed by atoms with Gasteiger partial charge in [-0.15, -0.1) is 0 Å². The molecule has 4 N–H and O–H groups in total. The van der Waals surface area contributed by atoms with E-state index in [0.717, 1.165) is 25.7 Å². The average Bonchev–Trinajstić information content (AvgIpc) is 2.28. The summed E-state index contributed by atoms with van der Waals surface area (Å²) in [7, 11) is 0. The van der Waals surface area contributed by atoms with Crippen molar-refractivity contribution < 1.29 is 19.5 Å². The highest BCUT2D eigenvalue weighted by atomic mass is 16.7. The molecule has 0 aliphatic heterocycles. The van der Waals surface area contributed by atoms with Crippen molar-refractivity contribution in [2.75, 3.05) is 13.2 Å². The Balaban J connectivity index is 2.20. The van der Waals surface area contributed by atoms with Gasteiger partial charge in [-0.25, -0.2) is 10.3 Å². The van der Waals surface area contributed by atoms with Crippen LogP contribution in [0.15, 0.2) is 0 Å². The lowest BCUT2D eigenvalue weighted by Gasteiger charge is -2.26. The number of nitrogens with two attached hydrogens (primary N) is 1. The van der Waals surface area contributed by atoms with E-state index in [2.05, 4.69) is 10.3 Å². The number of hydrogen-bond donors (Lipinski definition) is 3. The van der Waals surface area contributed by atoms with Gasteiger partial charge in [-0.1, -0.05) is 0 Å². The van der Waals surface area contributed by atoms with E-state index in [9.17, 15) is 9.59 Å². The van der Waals surface area contributed by atoms with Crippen LogP contribution in [0.3, 0.4) is 0 Å². The Morgan fingerprint density at radius 2 is 1.94 bits per heavy atom. The summed E-state index contributed by atoms with van der Waals surface area (Å²) in [5.74, 6) is -0.885.